The molecule has 0 aliphatic carbocycles. The van der Waals surface area contributed by atoms with E-state index in [0.717, 1.165) is 19.5 Å². The zero-order valence-corrected chi connectivity index (χ0v) is 8.30. The molecule has 1 N–H and O–H groups in total. The van der Waals surface area contributed by atoms with Crippen molar-refractivity contribution in [1.29, 1.82) is 0 Å². The van der Waals surface area contributed by atoms with Gasteiger partial charge in [0.2, 0.25) is 0 Å². The number of hydrogen-bond acceptors (Lipinski definition) is 2. The molecule has 0 saturated heterocycles. The average molecular weight is 176 g/mol. The Balaban J connectivity index is 2.35. The molecular weight excluding hydrogens is 160 g/mol. The maximum Gasteiger partial charge on any atom is 0.0432 e. The number of aromatic nitrogens is 1. The predicted octanol–water partition coefficient (Wildman–Crippen LogP) is 1.85. The maximum atomic E-state index is 4.46. The lowest BCUT2D eigenvalue weighted by atomic mass is 10.00. The summed E-state index contributed by atoms with van der Waals surface area (Å²) in [6, 6.07) is 2.24. The van der Waals surface area contributed by atoms with Crippen LogP contribution in [0, 0.1) is 0 Å². The van der Waals surface area contributed by atoms with Crippen LogP contribution in [0.3, 0.4) is 0 Å². The summed E-state index contributed by atoms with van der Waals surface area (Å²) in [4.78, 5) is 4.46. The van der Waals surface area contributed by atoms with Crippen molar-refractivity contribution in [2.24, 2.45) is 0 Å². The van der Waals surface area contributed by atoms with Gasteiger partial charge in [-0.2, -0.15) is 0 Å². The SMILES string of the molecule is CC(C)c1cc2c(cn1)CCNC2. The van der Waals surface area contributed by atoms with Crippen molar-refractivity contribution in [3.8, 4) is 0 Å². The van der Waals surface area contributed by atoms with Gasteiger partial charge in [-0.25, -0.2) is 0 Å². The van der Waals surface area contributed by atoms with Crippen molar-refractivity contribution in [2.75, 3.05) is 6.54 Å². The molecule has 70 valence electrons. The molecule has 0 spiro atoms. The first kappa shape index (κ1) is 8.70. The topological polar surface area (TPSA) is 24.9 Å². The number of nitrogens with one attached hydrogen (secondary N) is 1. The van der Waals surface area contributed by atoms with Crippen molar-refractivity contribution >= 4 is 0 Å². The zero-order valence-electron chi connectivity index (χ0n) is 8.30. The fourth-order valence-corrected chi connectivity index (χ4v) is 1.70. The van der Waals surface area contributed by atoms with Gasteiger partial charge in [0.1, 0.15) is 0 Å². The van der Waals surface area contributed by atoms with Gasteiger partial charge in [-0.05, 0) is 36.1 Å². The normalized spacial score (nSPS) is 15.9. The Bertz CT molecular complexity index is 305. The second kappa shape index (κ2) is 3.46. The van der Waals surface area contributed by atoms with Crippen LogP contribution in [0.5, 0.6) is 0 Å². The number of rotatable bonds is 1. The van der Waals surface area contributed by atoms with Crippen molar-refractivity contribution in [1.82, 2.24) is 10.3 Å². The standard InChI is InChI=1S/C11H16N2/c1-8(2)11-5-10-6-12-4-3-9(10)7-13-11/h5,7-8,12H,3-4,6H2,1-2H3. The summed E-state index contributed by atoms with van der Waals surface area (Å²) in [5.74, 6) is 0.534. The van der Waals surface area contributed by atoms with E-state index in [9.17, 15) is 0 Å². The van der Waals surface area contributed by atoms with Crippen LogP contribution in [0.15, 0.2) is 12.3 Å². The molecule has 13 heavy (non-hydrogen) atoms. The molecule has 1 aliphatic heterocycles. The Morgan fingerprint density at radius 2 is 2.23 bits per heavy atom. The van der Waals surface area contributed by atoms with Crippen LogP contribution in [0.2, 0.25) is 0 Å². The molecule has 0 saturated carbocycles. The molecule has 2 heteroatoms. The van der Waals surface area contributed by atoms with Crippen LogP contribution in [-0.4, -0.2) is 11.5 Å². The van der Waals surface area contributed by atoms with Crippen LogP contribution in [0.1, 0.15) is 36.6 Å². The third kappa shape index (κ3) is 1.73. The molecule has 0 amide bonds. The van der Waals surface area contributed by atoms with Gasteiger partial charge >= 0.3 is 0 Å². The monoisotopic (exact) mass is 176 g/mol. The molecule has 0 atom stereocenters. The van der Waals surface area contributed by atoms with Crippen molar-refractivity contribution in [3.05, 3.63) is 29.1 Å². The van der Waals surface area contributed by atoms with E-state index in [1.165, 1.54) is 16.8 Å². The van der Waals surface area contributed by atoms with E-state index in [2.05, 4.69) is 30.2 Å². The summed E-state index contributed by atoms with van der Waals surface area (Å²) in [5, 5.41) is 3.38. The van der Waals surface area contributed by atoms with E-state index in [0.29, 0.717) is 5.92 Å². The summed E-state index contributed by atoms with van der Waals surface area (Å²) in [7, 11) is 0. The van der Waals surface area contributed by atoms with Crippen molar-refractivity contribution in [2.45, 2.75) is 32.7 Å². The zero-order chi connectivity index (χ0) is 9.26. The molecule has 0 radical (unpaired) electrons. The molecule has 1 aromatic heterocycles. The van der Waals surface area contributed by atoms with E-state index in [4.69, 9.17) is 0 Å². The molecule has 0 fully saturated rings. The Labute approximate surface area is 79.4 Å². The summed E-state index contributed by atoms with van der Waals surface area (Å²) in [6.45, 7) is 6.48. The van der Waals surface area contributed by atoms with Crippen LogP contribution in [0.4, 0.5) is 0 Å². The molecule has 1 aromatic rings. The van der Waals surface area contributed by atoms with Gasteiger partial charge < -0.3 is 5.32 Å². The van der Waals surface area contributed by atoms with E-state index < -0.39 is 0 Å². The Kier molecular flexibility index (Phi) is 2.32. The maximum absolute atomic E-state index is 4.46. The van der Waals surface area contributed by atoms with Gasteiger partial charge in [0.25, 0.3) is 0 Å². The smallest absolute Gasteiger partial charge is 0.0432 e. The lowest BCUT2D eigenvalue weighted by Gasteiger charge is -2.17. The molecule has 0 aromatic carbocycles. The van der Waals surface area contributed by atoms with Gasteiger partial charge in [-0.3, -0.25) is 4.98 Å². The van der Waals surface area contributed by atoms with Crippen LogP contribution in [0.25, 0.3) is 0 Å². The molecule has 0 bridgehead atoms. The summed E-state index contributed by atoms with van der Waals surface area (Å²) >= 11 is 0. The predicted molar refractivity (Wildman–Crippen MR) is 53.7 cm³/mol. The molecular formula is C11H16N2. The highest BCUT2D eigenvalue weighted by Crippen LogP contribution is 2.18. The van der Waals surface area contributed by atoms with Crippen molar-refractivity contribution in [3.63, 3.8) is 0 Å². The Hall–Kier alpha value is -0.890. The second-order valence-electron chi connectivity index (χ2n) is 3.96. The second-order valence-corrected chi connectivity index (χ2v) is 3.96. The first-order valence-corrected chi connectivity index (χ1v) is 4.96. The number of hydrogen-bond donors (Lipinski definition) is 1. The summed E-state index contributed by atoms with van der Waals surface area (Å²) < 4.78 is 0. The van der Waals surface area contributed by atoms with Crippen molar-refractivity contribution < 1.29 is 0 Å². The number of fused-ring (bicyclic) bond motifs is 1. The van der Waals surface area contributed by atoms with Gasteiger partial charge in [0, 0.05) is 18.4 Å². The van der Waals surface area contributed by atoms with E-state index in [1.807, 2.05) is 6.20 Å². The molecule has 2 heterocycles. The molecule has 1 aliphatic rings. The Morgan fingerprint density at radius 3 is 3.00 bits per heavy atom. The van der Waals surface area contributed by atoms with Crippen LogP contribution >= 0.6 is 0 Å². The van der Waals surface area contributed by atoms with Gasteiger partial charge in [0.05, 0.1) is 0 Å². The average Bonchev–Trinajstić information content (AvgIpc) is 2.17. The molecule has 2 nitrogen and oxygen atoms in total. The van der Waals surface area contributed by atoms with Gasteiger partial charge in [-0.1, -0.05) is 13.8 Å². The highest BCUT2D eigenvalue weighted by molar-refractivity contribution is 5.29. The van der Waals surface area contributed by atoms with Crippen LogP contribution < -0.4 is 5.32 Å². The lowest BCUT2D eigenvalue weighted by Crippen LogP contribution is -2.24. The quantitative estimate of drug-likeness (QED) is 0.706. The van der Waals surface area contributed by atoms with E-state index in [-0.39, 0.29) is 0 Å². The fourth-order valence-electron chi connectivity index (χ4n) is 1.70. The minimum absolute atomic E-state index is 0.534. The van der Waals surface area contributed by atoms with Crippen LogP contribution in [-0.2, 0) is 13.0 Å². The summed E-state index contributed by atoms with van der Waals surface area (Å²) in [5.41, 5.74) is 4.07. The fraction of sp³-hybridized carbons (Fsp3) is 0.545. The summed E-state index contributed by atoms with van der Waals surface area (Å²) in [6.07, 6.45) is 3.17. The van der Waals surface area contributed by atoms with Gasteiger partial charge in [0.15, 0.2) is 0 Å². The largest absolute Gasteiger partial charge is 0.312 e. The highest BCUT2D eigenvalue weighted by Gasteiger charge is 2.10. The first-order chi connectivity index (χ1) is 6.27. The highest BCUT2D eigenvalue weighted by atomic mass is 14.9. The number of nitrogens with zero attached hydrogens (tertiary/aromatic N) is 1. The van der Waals surface area contributed by atoms with E-state index in [1.54, 1.807) is 0 Å². The first-order valence-electron chi connectivity index (χ1n) is 4.96. The minimum atomic E-state index is 0.534. The minimum Gasteiger partial charge on any atom is -0.312 e. The molecule has 0 unspecified atom stereocenters. The molecule has 2 rings (SSSR count). The van der Waals surface area contributed by atoms with E-state index >= 15 is 0 Å². The third-order valence-corrected chi connectivity index (χ3v) is 2.58. The Morgan fingerprint density at radius 1 is 1.38 bits per heavy atom. The lowest BCUT2D eigenvalue weighted by molar-refractivity contribution is 0.636. The number of pyridine rings is 1. The van der Waals surface area contributed by atoms with Gasteiger partial charge in [-0.15, -0.1) is 0 Å². The third-order valence-electron chi connectivity index (χ3n) is 2.58.